The van der Waals surface area contributed by atoms with E-state index in [1.807, 2.05) is 0 Å². The topological polar surface area (TPSA) is 83.8 Å². The van der Waals surface area contributed by atoms with Gasteiger partial charge in [-0.2, -0.15) is 17.4 Å². The molecule has 9 heteroatoms. The van der Waals surface area contributed by atoms with Crippen LogP contribution in [0.3, 0.4) is 0 Å². The van der Waals surface area contributed by atoms with Crippen molar-refractivity contribution in [2.75, 3.05) is 0 Å². The van der Waals surface area contributed by atoms with Gasteiger partial charge in [-0.15, -0.1) is 0 Å². The Labute approximate surface area is 114 Å². The van der Waals surface area contributed by atoms with Crippen LogP contribution in [-0.2, 0) is 20.3 Å². The van der Waals surface area contributed by atoms with Crippen molar-refractivity contribution in [2.24, 2.45) is 5.92 Å². The summed E-state index contributed by atoms with van der Waals surface area (Å²) in [7, 11) is 0. The Morgan fingerprint density at radius 1 is 1.30 bits per heavy atom. The van der Waals surface area contributed by atoms with Gasteiger partial charge in [0.2, 0.25) is 0 Å². The summed E-state index contributed by atoms with van der Waals surface area (Å²) >= 11 is -2.81. The number of aliphatic carboxylic acids is 1. The fourth-order valence-electron chi connectivity index (χ4n) is 1.59. The maximum atomic E-state index is 12.6. The number of carboxylic acids is 1. The summed E-state index contributed by atoms with van der Waals surface area (Å²) in [5.41, 5.74) is 0.186. The third-order valence-electron chi connectivity index (χ3n) is 2.51. The molecule has 112 valence electrons. The molecule has 1 rings (SSSR count). The van der Waals surface area contributed by atoms with Crippen molar-refractivity contribution < 1.29 is 36.0 Å². The lowest BCUT2D eigenvalue weighted by atomic mass is 9.96. The van der Waals surface area contributed by atoms with Gasteiger partial charge in [-0.25, -0.2) is 0 Å². The molecular formula is C11H11F3O5S. The van der Waals surface area contributed by atoms with E-state index in [2.05, 4.69) is 4.18 Å². The van der Waals surface area contributed by atoms with Crippen molar-refractivity contribution in [1.29, 1.82) is 0 Å². The zero-order chi connectivity index (χ0) is 15.3. The van der Waals surface area contributed by atoms with Crippen molar-refractivity contribution in [3.8, 4) is 0 Å². The summed E-state index contributed by atoms with van der Waals surface area (Å²) in [6.45, 7) is 0. The second kappa shape index (κ2) is 6.82. The van der Waals surface area contributed by atoms with Gasteiger partial charge in [0.15, 0.2) is 5.92 Å². The molecular weight excluding hydrogens is 301 g/mol. The monoisotopic (exact) mass is 312 g/mol. The Hall–Kier alpha value is -1.45. The molecule has 5 nitrogen and oxygen atoms in total. The molecule has 3 atom stereocenters. The fourth-order valence-corrected chi connectivity index (χ4v) is 1.97. The van der Waals surface area contributed by atoms with Crippen LogP contribution in [0.4, 0.5) is 13.2 Å². The number of benzene rings is 1. The molecule has 0 aliphatic carbocycles. The average molecular weight is 312 g/mol. The highest BCUT2D eigenvalue weighted by Gasteiger charge is 2.46. The van der Waals surface area contributed by atoms with E-state index in [4.69, 9.17) is 9.66 Å². The Morgan fingerprint density at radius 3 is 2.25 bits per heavy atom. The van der Waals surface area contributed by atoms with Gasteiger partial charge < -0.3 is 5.11 Å². The van der Waals surface area contributed by atoms with Crippen LogP contribution in [0.5, 0.6) is 0 Å². The highest BCUT2D eigenvalue weighted by Crippen LogP contribution is 2.35. The summed E-state index contributed by atoms with van der Waals surface area (Å²) in [6.07, 6.45) is -7.42. The van der Waals surface area contributed by atoms with Crippen LogP contribution in [-0.4, -0.2) is 26.0 Å². The molecule has 2 N–H and O–H groups in total. The van der Waals surface area contributed by atoms with Gasteiger partial charge in [-0.1, -0.05) is 30.3 Å². The largest absolute Gasteiger partial charge is 0.481 e. The molecule has 0 aliphatic heterocycles. The quantitative estimate of drug-likeness (QED) is 0.789. The first-order valence-corrected chi connectivity index (χ1v) is 6.37. The fraction of sp³-hybridized carbons (Fsp3) is 0.364. The highest BCUT2D eigenvalue weighted by atomic mass is 32.2. The summed E-state index contributed by atoms with van der Waals surface area (Å²) in [5.74, 6) is -4.75. The van der Waals surface area contributed by atoms with E-state index in [1.165, 1.54) is 24.3 Å². The maximum absolute atomic E-state index is 12.6. The number of halogens is 3. The first-order chi connectivity index (χ1) is 9.21. The molecule has 1 aromatic carbocycles. The van der Waals surface area contributed by atoms with Crippen LogP contribution >= 0.6 is 0 Å². The molecule has 0 fully saturated rings. The number of hydrogen-bond acceptors (Lipinski definition) is 3. The number of carboxylic acid groups (broad SMARTS) is 1. The Kier molecular flexibility index (Phi) is 5.66. The Balaban J connectivity index is 3.00. The Morgan fingerprint density at radius 2 is 1.85 bits per heavy atom. The molecule has 0 aromatic heterocycles. The van der Waals surface area contributed by atoms with E-state index in [-0.39, 0.29) is 5.56 Å². The van der Waals surface area contributed by atoms with Crippen LogP contribution in [0.25, 0.3) is 0 Å². The second-order valence-corrected chi connectivity index (χ2v) is 4.51. The molecule has 0 amide bonds. The van der Waals surface area contributed by atoms with Gasteiger partial charge in [0, 0.05) is 6.42 Å². The number of alkyl halides is 3. The lowest BCUT2D eigenvalue weighted by molar-refractivity contribution is -0.198. The smallest absolute Gasteiger partial charge is 0.402 e. The summed E-state index contributed by atoms with van der Waals surface area (Å²) in [6, 6.07) is 7.35. The number of carbonyl (C=O) groups is 1. The molecule has 0 bridgehead atoms. The van der Waals surface area contributed by atoms with E-state index in [9.17, 15) is 22.2 Å². The van der Waals surface area contributed by atoms with E-state index < -0.39 is 41.9 Å². The van der Waals surface area contributed by atoms with Gasteiger partial charge in [-0.05, 0) is 5.56 Å². The van der Waals surface area contributed by atoms with Crippen LogP contribution in [0.1, 0.15) is 18.1 Å². The summed E-state index contributed by atoms with van der Waals surface area (Å²) in [5, 5.41) is 8.62. The highest BCUT2D eigenvalue weighted by molar-refractivity contribution is 7.74. The molecule has 3 unspecified atom stereocenters. The third-order valence-corrected chi connectivity index (χ3v) is 2.91. The first kappa shape index (κ1) is 16.6. The van der Waals surface area contributed by atoms with Gasteiger partial charge in [-0.3, -0.25) is 13.5 Å². The van der Waals surface area contributed by atoms with Crippen molar-refractivity contribution in [1.82, 2.24) is 0 Å². The van der Waals surface area contributed by atoms with E-state index in [0.717, 1.165) is 0 Å². The zero-order valence-electron chi connectivity index (χ0n) is 9.91. The van der Waals surface area contributed by atoms with Gasteiger partial charge >= 0.3 is 23.5 Å². The van der Waals surface area contributed by atoms with Crippen LogP contribution in [0, 0.1) is 5.92 Å². The normalized spacial score (nSPS) is 16.4. The Bertz CT molecular complexity index is 477. The van der Waals surface area contributed by atoms with Gasteiger partial charge in [0.05, 0.1) is 0 Å². The molecule has 0 saturated carbocycles. The maximum Gasteiger partial charge on any atom is 0.402 e. The summed E-state index contributed by atoms with van der Waals surface area (Å²) < 4.78 is 61.6. The SMILES string of the molecule is O=C(O)C(CC(OS(=O)O)c1ccccc1)C(F)(F)F. The van der Waals surface area contributed by atoms with Gasteiger partial charge in [0.25, 0.3) is 0 Å². The van der Waals surface area contributed by atoms with Crippen LogP contribution in [0.2, 0.25) is 0 Å². The number of hydrogen-bond donors (Lipinski definition) is 2. The molecule has 20 heavy (non-hydrogen) atoms. The minimum Gasteiger partial charge on any atom is -0.481 e. The van der Waals surface area contributed by atoms with E-state index in [0.29, 0.717) is 0 Å². The first-order valence-electron chi connectivity index (χ1n) is 5.34. The molecule has 0 aliphatic rings. The minimum atomic E-state index is -4.97. The van der Waals surface area contributed by atoms with Crippen molar-refractivity contribution in [2.45, 2.75) is 18.7 Å². The molecule has 1 aromatic rings. The summed E-state index contributed by atoms with van der Waals surface area (Å²) in [4.78, 5) is 10.7. The van der Waals surface area contributed by atoms with Gasteiger partial charge in [0.1, 0.15) is 6.10 Å². The van der Waals surface area contributed by atoms with Crippen LogP contribution in [0.15, 0.2) is 30.3 Å². The predicted molar refractivity (Wildman–Crippen MR) is 62.8 cm³/mol. The van der Waals surface area contributed by atoms with Crippen molar-refractivity contribution in [3.63, 3.8) is 0 Å². The molecule has 0 saturated heterocycles. The lowest BCUT2D eigenvalue weighted by Crippen LogP contribution is -2.32. The minimum absolute atomic E-state index is 0.186. The molecule has 0 spiro atoms. The average Bonchev–Trinajstić information content (AvgIpc) is 2.33. The van der Waals surface area contributed by atoms with Crippen molar-refractivity contribution in [3.05, 3.63) is 35.9 Å². The zero-order valence-corrected chi connectivity index (χ0v) is 10.7. The number of rotatable bonds is 6. The predicted octanol–water partition coefficient (Wildman–Crippen LogP) is 2.53. The lowest BCUT2D eigenvalue weighted by Gasteiger charge is -2.21. The van der Waals surface area contributed by atoms with E-state index >= 15 is 0 Å². The molecule has 0 radical (unpaired) electrons. The van der Waals surface area contributed by atoms with Crippen molar-refractivity contribution >= 4 is 17.3 Å². The van der Waals surface area contributed by atoms with Crippen LogP contribution < -0.4 is 0 Å². The third kappa shape index (κ3) is 4.91. The second-order valence-electron chi connectivity index (χ2n) is 3.88. The van der Waals surface area contributed by atoms with E-state index in [1.54, 1.807) is 6.07 Å². The molecule has 0 heterocycles. The standard InChI is InChI=1S/C11H11F3O5S/c12-11(13,14)8(10(15)16)6-9(19-20(17)18)7-4-2-1-3-5-7/h1-5,8-9H,6H2,(H,15,16)(H,17,18).